The summed E-state index contributed by atoms with van der Waals surface area (Å²) >= 11 is 6.88. The normalized spacial score (nSPS) is 14.8. The van der Waals surface area contributed by atoms with E-state index in [4.69, 9.17) is 11.6 Å². The van der Waals surface area contributed by atoms with E-state index in [0.29, 0.717) is 18.8 Å². The molecule has 0 spiro atoms. The van der Waals surface area contributed by atoms with Crippen molar-refractivity contribution in [1.82, 2.24) is 4.90 Å². The monoisotopic (exact) mass is 302 g/mol. The van der Waals surface area contributed by atoms with Crippen molar-refractivity contribution in [3.05, 3.63) is 29.0 Å². The summed E-state index contributed by atoms with van der Waals surface area (Å²) in [7, 11) is 0. The number of anilines is 1. The summed E-state index contributed by atoms with van der Waals surface area (Å²) in [6, 6.07) is 3.99. The average Bonchev–Trinajstić information content (AvgIpc) is 2.77. The standard InChI is InChI=1S/C12H12ClFN2O2S/c13-9-7-8(1-2-10(9)14)15-11(17)3-4-16-5-6-19-12(16)18/h1-2,7H,3-6H2,(H,15,17). The van der Waals surface area contributed by atoms with Crippen LogP contribution in [0.2, 0.25) is 5.02 Å². The van der Waals surface area contributed by atoms with E-state index in [1.54, 1.807) is 4.90 Å². The van der Waals surface area contributed by atoms with Crippen LogP contribution in [0.4, 0.5) is 14.9 Å². The molecule has 1 aliphatic rings. The molecule has 19 heavy (non-hydrogen) atoms. The fourth-order valence-corrected chi connectivity index (χ4v) is 2.69. The lowest BCUT2D eigenvalue weighted by Gasteiger charge is -2.14. The number of nitrogens with zero attached hydrogens (tertiary/aromatic N) is 1. The van der Waals surface area contributed by atoms with E-state index >= 15 is 0 Å². The Morgan fingerprint density at radius 3 is 2.95 bits per heavy atom. The van der Waals surface area contributed by atoms with Crippen LogP contribution in [0, 0.1) is 5.82 Å². The summed E-state index contributed by atoms with van der Waals surface area (Å²) in [5.74, 6) is 0.0142. The Morgan fingerprint density at radius 2 is 2.32 bits per heavy atom. The Bertz CT molecular complexity index is 513. The molecule has 0 bridgehead atoms. The van der Waals surface area contributed by atoms with Crippen LogP contribution in [0.15, 0.2) is 18.2 Å². The Kier molecular flexibility index (Phi) is 4.66. The minimum atomic E-state index is -0.528. The van der Waals surface area contributed by atoms with Crippen LogP contribution in [0.3, 0.4) is 0 Å². The SMILES string of the molecule is O=C(CCN1CCSC1=O)Nc1ccc(F)c(Cl)c1. The number of nitrogens with one attached hydrogen (secondary N) is 1. The summed E-state index contributed by atoms with van der Waals surface area (Å²) in [6.07, 6.45) is 0.210. The van der Waals surface area contributed by atoms with Crippen molar-refractivity contribution in [3.63, 3.8) is 0 Å². The Labute approximate surface area is 119 Å². The molecule has 1 aliphatic heterocycles. The lowest BCUT2D eigenvalue weighted by molar-refractivity contribution is -0.116. The van der Waals surface area contributed by atoms with Crippen LogP contribution in [0.1, 0.15) is 6.42 Å². The quantitative estimate of drug-likeness (QED) is 0.930. The first-order chi connectivity index (χ1) is 9.06. The molecule has 0 atom stereocenters. The first-order valence-electron chi connectivity index (χ1n) is 5.73. The molecule has 1 aromatic carbocycles. The fourth-order valence-electron chi connectivity index (χ4n) is 1.66. The molecule has 0 radical (unpaired) electrons. The van der Waals surface area contributed by atoms with Crippen molar-refractivity contribution in [3.8, 4) is 0 Å². The number of carbonyl (C=O) groups excluding carboxylic acids is 2. The van der Waals surface area contributed by atoms with Gasteiger partial charge in [0, 0.05) is 31.0 Å². The smallest absolute Gasteiger partial charge is 0.281 e. The number of amides is 2. The number of hydrogen-bond donors (Lipinski definition) is 1. The van der Waals surface area contributed by atoms with Crippen LogP contribution in [0.25, 0.3) is 0 Å². The van der Waals surface area contributed by atoms with Crippen molar-refractivity contribution in [1.29, 1.82) is 0 Å². The molecule has 0 aliphatic carbocycles. The molecule has 1 saturated heterocycles. The number of hydrogen-bond acceptors (Lipinski definition) is 3. The third-order valence-electron chi connectivity index (χ3n) is 2.66. The second kappa shape index (κ2) is 6.25. The first-order valence-corrected chi connectivity index (χ1v) is 7.09. The maximum Gasteiger partial charge on any atom is 0.281 e. The summed E-state index contributed by atoms with van der Waals surface area (Å²) in [5.41, 5.74) is 0.443. The van der Waals surface area contributed by atoms with Gasteiger partial charge < -0.3 is 10.2 Å². The number of thioether (sulfide) groups is 1. The van der Waals surface area contributed by atoms with Crippen LogP contribution >= 0.6 is 23.4 Å². The zero-order valence-corrected chi connectivity index (χ0v) is 11.6. The minimum Gasteiger partial charge on any atom is -0.332 e. The van der Waals surface area contributed by atoms with Gasteiger partial charge in [0.25, 0.3) is 5.24 Å². The van der Waals surface area contributed by atoms with Gasteiger partial charge in [-0.05, 0) is 18.2 Å². The maximum absolute atomic E-state index is 12.9. The second-order valence-electron chi connectivity index (χ2n) is 4.03. The van der Waals surface area contributed by atoms with Gasteiger partial charge in [0.15, 0.2) is 0 Å². The molecule has 2 rings (SSSR count). The van der Waals surface area contributed by atoms with E-state index in [9.17, 15) is 14.0 Å². The second-order valence-corrected chi connectivity index (χ2v) is 5.48. The van der Waals surface area contributed by atoms with Crippen molar-refractivity contribution in [2.75, 3.05) is 24.2 Å². The summed E-state index contributed by atoms with van der Waals surface area (Å²) in [6.45, 7) is 1.08. The molecule has 7 heteroatoms. The number of rotatable bonds is 4. The predicted octanol–water partition coefficient (Wildman–Crippen LogP) is 2.98. The number of carbonyl (C=O) groups is 2. The fraction of sp³-hybridized carbons (Fsp3) is 0.333. The maximum atomic E-state index is 12.9. The molecule has 0 saturated carbocycles. The molecule has 102 valence electrons. The molecule has 1 aromatic rings. The van der Waals surface area contributed by atoms with Crippen LogP contribution in [-0.4, -0.2) is 34.9 Å². The number of benzene rings is 1. The first kappa shape index (κ1) is 14.1. The third-order valence-corrected chi connectivity index (χ3v) is 3.84. The Hall–Kier alpha value is -1.27. The van der Waals surface area contributed by atoms with Gasteiger partial charge in [-0.1, -0.05) is 23.4 Å². The molecule has 1 heterocycles. The van der Waals surface area contributed by atoms with E-state index in [-0.39, 0.29) is 22.6 Å². The van der Waals surface area contributed by atoms with Crippen molar-refractivity contribution in [2.24, 2.45) is 0 Å². The highest BCUT2D eigenvalue weighted by Gasteiger charge is 2.21. The molecule has 1 N–H and O–H groups in total. The molecular weight excluding hydrogens is 291 g/mol. The molecule has 0 unspecified atom stereocenters. The summed E-state index contributed by atoms with van der Waals surface area (Å²) in [5, 5.41) is 2.59. The lowest BCUT2D eigenvalue weighted by Crippen LogP contribution is -2.27. The largest absolute Gasteiger partial charge is 0.332 e. The van der Waals surface area contributed by atoms with Gasteiger partial charge >= 0.3 is 0 Å². The summed E-state index contributed by atoms with van der Waals surface area (Å²) in [4.78, 5) is 24.6. The summed E-state index contributed by atoms with van der Waals surface area (Å²) < 4.78 is 12.9. The molecule has 1 fully saturated rings. The highest BCUT2D eigenvalue weighted by Crippen LogP contribution is 2.20. The zero-order valence-electron chi connectivity index (χ0n) is 9.99. The van der Waals surface area contributed by atoms with Crippen LogP contribution in [0.5, 0.6) is 0 Å². The average molecular weight is 303 g/mol. The van der Waals surface area contributed by atoms with Gasteiger partial charge in [-0.25, -0.2) is 4.39 Å². The zero-order chi connectivity index (χ0) is 13.8. The lowest BCUT2D eigenvalue weighted by atomic mass is 10.3. The predicted molar refractivity (Wildman–Crippen MR) is 74.1 cm³/mol. The van der Waals surface area contributed by atoms with Crippen molar-refractivity contribution >= 4 is 40.2 Å². The van der Waals surface area contributed by atoms with Crippen molar-refractivity contribution in [2.45, 2.75) is 6.42 Å². The van der Waals surface area contributed by atoms with Crippen molar-refractivity contribution < 1.29 is 14.0 Å². The minimum absolute atomic E-state index is 0.0117. The topological polar surface area (TPSA) is 49.4 Å². The van der Waals surface area contributed by atoms with Crippen LogP contribution in [-0.2, 0) is 4.79 Å². The highest BCUT2D eigenvalue weighted by molar-refractivity contribution is 8.13. The van der Waals surface area contributed by atoms with E-state index in [1.165, 1.54) is 30.0 Å². The molecule has 2 amide bonds. The van der Waals surface area contributed by atoms with Crippen LogP contribution < -0.4 is 5.32 Å². The highest BCUT2D eigenvalue weighted by atomic mass is 35.5. The van der Waals surface area contributed by atoms with Gasteiger partial charge in [-0.3, -0.25) is 9.59 Å². The Balaban J connectivity index is 1.83. The Morgan fingerprint density at radius 1 is 1.53 bits per heavy atom. The molecule has 4 nitrogen and oxygen atoms in total. The van der Waals surface area contributed by atoms with E-state index in [0.717, 1.165) is 5.75 Å². The van der Waals surface area contributed by atoms with E-state index in [2.05, 4.69) is 5.32 Å². The molecule has 0 aromatic heterocycles. The number of halogens is 2. The van der Waals surface area contributed by atoms with Gasteiger partial charge in [0.05, 0.1) is 5.02 Å². The van der Waals surface area contributed by atoms with E-state index < -0.39 is 5.82 Å². The van der Waals surface area contributed by atoms with Gasteiger partial charge in [-0.2, -0.15) is 0 Å². The van der Waals surface area contributed by atoms with Gasteiger partial charge in [0.1, 0.15) is 5.82 Å². The van der Waals surface area contributed by atoms with E-state index in [1.807, 2.05) is 0 Å². The van der Waals surface area contributed by atoms with Gasteiger partial charge in [0.2, 0.25) is 5.91 Å². The molecular formula is C12H12ClFN2O2S. The van der Waals surface area contributed by atoms with Gasteiger partial charge in [-0.15, -0.1) is 0 Å². The third kappa shape index (κ3) is 3.84.